The summed E-state index contributed by atoms with van der Waals surface area (Å²) < 4.78 is 0.973. The first-order valence-corrected chi connectivity index (χ1v) is 6.05. The number of thioether (sulfide) groups is 1. The van der Waals surface area contributed by atoms with Gasteiger partial charge in [-0.25, -0.2) is 0 Å². The van der Waals surface area contributed by atoms with E-state index in [0.29, 0.717) is 0 Å². The van der Waals surface area contributed by atoms with Gasteiger partial charge < -0.3 is 10.6 Å². The van der Waals surface area contributed by atoms with E-state index in [1.165, 1.54) is 0 Å². The smallest absolute Gasteiger partial charge is 0.0650 e. The molecule has 0 aliphatic heterocycles. The molecule has 0 saturated heterocycles. The number of aromatic nitrogens is 1. The van der Waals surface area contributed by atoms with Crippen LogP contribution < -0.4 is 5.73 Å². The molecule has 0 aliphatic rings. The quantitative estimate of drug-likeness (QED) is 0.855. The van der Waals surface area contributed by atoms with E-state index in [-0.39, 0.29) is 0 Å². The van der Waals surface area contributed by atoms with Crippen LogP contribution in [0.2, 0.25) is 0 Å². The van der Waals surface area contributed by atoms with E-state index < -0.39 is 0 Å². The lowest BCUT2D eigenvalue weighted by Gasteiger charge is -2.10. The van der Waals surface area contributed by atoms with Crippen molar-refractivity contribution in [1.29, 1.82) is 0 Å². The van der Waals surface area contributed by atoms with Crippen molar-refractivity contribution in [2.75, 3.05) is 32.1 Å². The van der Waals surface area contributed by atoms with Crippen molar-refractivity contribution < 1.29 is 0 Å². The molecule has 1 heterocycles. The van der Waals surface area contributed by atoms with Gasteiger partial charge in [-0.3, -0.25) is 4.98 Å². The fourth-order valence-electron chi connectivity index (χ4n) is 0.921. The Morgan fingerprint density at radius 2 is 2.21 bits per heavy atom. The predicted molar refractivity (Wildman–Crippen MR) is 65.6 cm³/mol. The first kappa shape index (κ1) is 11.8. The van der Waals surface area contributed by atoms with Crippen LogP contribution in [0.15, 0.2) is 21.8 Å². The van der Waals surface area contributed by atoms with Crippen molar-refractivity contribution in [2.45, 2.75) is 4.90 Å². The molecule has 1 aromatic rings. The van der Waals surface area contributed by atoms with Gasteiger partial charge in [0.2, 0.25) is 0 Å². The lowest BCUT2D eigenvalue weighted by molar-refractivity contribution is 0.437. The van der Waals surface area contributed by atoms with E-state index in [1.807, 2.05) is 0 Å². The second-order valence-electron chi connectivity index (χ2n) is 3.19. The van der Waals surface area contributed by atoms with Crippen LogP contribution in [0.4, 0.5) is 5.69 Å². The maximum atomic E-state index is 5.81. The van der Waals surface area contributed by atoms with Crippen molar-refractivity contribution in [1.82, 2.24) is 9.88 Å². The van der Waals surface area contributed by atoms with E-state index in [9.17, 15) is 0 Å². The minimum Gasteiger partial charge on any atom is -0.397 e. The predicted octanol–water partition coefficient (Wildman–Crippen LogP) is 2.08. The van der Waals surface area contributed by atoms with Crippen LogP contribution in [0.3, 0.4) is 0 Å². The van der Waals surface area contributed by atoms with E-state index in [0.717, 1.165) is 27.4 Å². The molecule has 1 rings (SSSR count). The van der Waals surface area contributed by atoms with Gasteiger partial charge in [-0.2, -0.15) is 0 Å². The summed E-state index contributed by atoms with van der Waals surface area (Å²) in [4.78, 5) is 7.23. The largest absolute Gasteiger partial charge is 0.397 e. The average molecular weight is 276 g/mol. The zero-order valence-electron chi connectivity index (χ0n) is 8.33. The zero-order chi connectivity index (χ0) is 10.6. The molecule has 0 fully saturated rings. The van der Waals surface area contributed by atoms with Gasteiger partial charge in [0.15, 0.2) is 0 Å². The molecule has 0 bridgehead atoms. The second kappa shape index (κ2) is 5.58. The highest BCUT2D eigenvalue weighted by atomic mass is 79.9. The number of nitrogens with two attached hydrogens (primary N) is 1. The number of nitrogens with zero attached hydrogens (tertiary/aromatic N) is 2. The number of anilines is 1. The van der Waals surface area contributed by atoms with Crippen LogP contribution >= 0.6 is 27.7 Å². The fourth-order valence-corrected chi connectivity index (χ4v) is 2.68. The molecular formula is C9H14BrN3S. The first-order chi connectivity index (χ1) is 6.61. The Hall–Kier alpha value is -0.260. The van der Waals surface area contributed by atoms with Gasteiger partial charge in [-0.05, 0) is 30.0 Å². The monoisotopic (exact) mass is 275 g/mol. The third-order valence-corrected chi connectivity index (χ3v) is 3.66. The summed E-state index contributed by atoms with van der Waals surface area (Å²) in [6.45, 7) is 1.04. The van der Waals surface area contributed by atoms with Crippen molar-refractivity contribution in [3.8, 4) is 0 Å². The summed E-state index contributed by atoms with van der Waals surface area (Å²) in [5, 5.41) is 0. The van der Waals surface area contributed by atoms with Crippen molar-refractivity contribution in [2.24, 2.45) is 0 Å². The summed E-state index contributed by atoms with van der Waals surface area (Å²) >= 11 is 5.19. The summed E-state index contributed by atoms with van der Waals surface area (Å²) in [5.74, 6) is 1.03. The van der Waals surface area contributed by atoms with Gasteiger partial charge >= 0.3 is 0 Å². The maximum absolute atomic E-state index is 5.81. The molecule has 0 amide bonds. The average Bonchev–Trinajstić information content (AvgIpc) is 2.09. The number of nitrogen functional groups attached to an aromatic ring is 1. The number of rotatable bonds is 4. The standard InChI is InChI=1S/C9H14BrN3S/c1-13(2)3-4-14-9-7(10)5-12-6-8(9)11/h5-6H,3-4,11H2,1-2H3. The molecular weight excluding hydrogens is 262 g/mol. The highest BCUT2D eigenvalue weighted by Crippen LogP contribution is 2.31. The number of hydrogen-bond acceptors (Lipinski definition) is 4. The Balaban J connectivity index is 2.58. The van der Waals surface area contributed by atoms with E-state index >= 15 is 0 Å². The number of hydrogen-bond donors (Lipinski definition) is 1. The van der Waals surface area contributed by atoms with Gasteiger partial charge in [-0.1, -0.05) is 0 Å². The van der Waals surface area contributed by atoms with E-state index in [4.69, 9.17) is 5.73 Å². The molecule has 1 aromatic heterocycles. The maximum Gasteiger partial charge on any atom is 0.0650 e. The van der Waals surface area contributed by atoms with Gasteiger partial charge in [-0.15, -0.1) is 11.8 Å². The molecule has 2 N–H and O–H groups in total. The fraction of sp³-hybridized carbons (Fsp3) is 0.444. The molecule has 0 saturated carbocycles. The summed E-state index contributed by atoms with van der Waals surface area (Å²) in [6, 6.07) is 0. The molecule has 0 spiro atoms. The van der Waals surface area contributed by atoms with Crippen LogP contribution in [-0.4, -0.2) is 36.3 Å². The number of pyridine rings is 1. The van der Waals surface area contributed by atoms with Crippen molar-refractivity contribution in [3.63, 3.8) is 0 Å². The molecule has 0 aromatic carbocycles. The van der Waals surface area contributed by atoms with Crippen LogP contribution in [0, 0.1) is 0 Å². The summed E-state index contributed by atoms with van der Waals surface area (Å²) in [5.41, 5.74) is 6.55. The Kier molecular flexibility index (Phi) is 4.71. The third kappa shape index (κ3) is 3.48. The normalized spacial score (nSPS) is 10.9. The molecule has 3 nitrogen and oxygen atoms in total. The Bertz CT molecular complexity index is 284. The molecule has 0 unspecified atom stereocenters. The molecule has 0 aliphatic carbocycles. The van der Waals surface area contributed by atoms with Crippen molar-refractivity contribution >= 4 is 33.4 Å². The summed E-state index contributed by atoms with van der Waals surface area (Å²) in [6.07, 6.45) is 3.46. The highest BCUT2D eigenvalue weighted by molar-refractivity contribution is 9.10. The number of halogens is 1. The molecule has 0 radical (unpaired) electrons. The van der Waals surface area contributed by atoms with E-state index in [2.05, 4.69) is 39.9 Å². The topological polar surface area (TPSA) is 42.1 Å². The van der Waals surface area contributed by atoms with Crippen LogP contribution in [0.25, 0.3) is 0 Å². The highest BCUT2D eigenvalue weighted by Gasteiger charge is 2.05. The Morgan fingerprint density at radius 3 is 2.79 bits per heavy atom. The summed E-state index contributed by atoms with van der Waals surface area (Å²) in [7, 11) is 4.12. The minimum absolute atomic E-state index is 0.739. The van der Waals surface area contributed by atoms with E-state index in [1.54, 1.807) is 24.2 Å². The zero-order valence-corrected chi connectivity index (χ0v) is 10.7. The molecule has 78 valence electrons. The van der Waals surface area contributed by atoms with Gasteiger partial charge in [0, 0.05) is 23.4 Å². The molecule has 0 atom stereocenters. The van der Waals surface area contributed by atoms with Gasteiger partial charge in [0.25, 0.3) is 0 Å². The van der Waals surface area contributed by atoms with Crippen LogP contribution in [0.5, 0.6) is 0 Å². The molecule has 14 heavy (non-hydrogen) atoms. The second-order valence-corrected chi connectivity index (χ2v) is 5.15. The minimum atomic E-state index is 0.739. The van der Waals surface area contributed by atoms with Gasteiger partial charge in [0.05, 0.1) is 16.4 Å². The lowest BCUT2D eigenvalue weighted by Crippen LogP contribution is -2.14. The van der Waals surface area contributed by atoms with Crippen molar-refractivity contribution in [3.05, 3.63) is 16.9 Å². The van der Waals surface area contributed by atoms with Crippen LogP contribution in [-0.2, 0) is 0 Å². The Labute approximate surface area is 97.2 Å². The first-order valence-electron chi connectivity index (χ1n) is 4.27. The van der Waals surface area contributed by atoms with Gasteiger partial charge in [0.1, 0.15) is 0 Å². The lowest BCUT2D eigenvalue weighted by atomic mass is 10.4. The third-order valence-electron chi connectivity index (χ3n) is 1.67. The Morgan fingerprint density at radius 1 is 1.50 bits per heavy atom. The van der Waals surface area contributed by atoms with Crippen LogP contribution in [0.1, 0.15) is 0 Å². The molecule has 5 heteroatoms. The SMILES string of the molecule is CN(C)CCSc1c(N)cncc1Br.